The zero-order valence-electron chi connectivity index (χ0n) is 16.0. The molecule has 6 nitrogen and oxygen atoms in total. The zero-order chi connectivity index (χ0) is 19.0. The van der Waals surface area contributed by atoms with Crippen LogP contribution in [0, 0.1) is 13.8 Å². The Bertz CT molecular complexity index is 986. The quantitative estimate of drug-likeness (QED) is 0.755. The Morgan fingerprint density at radius 3 is 2.59 bits per heavy atom. The molecule has 4 rings (SSSR count). The number of nitrogens with zero attached hydrogens (tertiary/aromatic N) is 3. The van der Waals surface area contributed by atoms with Gasteiger partial charge in [-0.15, -0.1) is 0 Å². The molecule has 1 saturated carbocycles. The monoisotopic (exact) mass is 364 g/mol. The second-order valence-corrected chi connectivity index (χ2v) is 7.22. The van der Waals surface area contributed by atoms with E-state index >= 15 is 0 Å². The van der Waals surface area contributed by atoms with Crippen LogP contribution in [0.25, 0.3) is 11.0 Å². The zero-order valence-corrected chi connectivity index (χ0v) is 16.0. The molecule has 0 spiro atoms. The Morgan fingerprint density at radius 1 is 1.19 bits per heavy atom. The van der Waals surface area contributed by atoms with Crippen LogP contribution in [0.5, 0.6) is 5.75 Å². The van der Waals surface area contributed by atoms with E-state index in [4.69, 9.17) is 4.74 Å². The normalized spacial score (nSPS) is 14.6. The second-order valence-electron chi connectivity index (χ2n) is 7.22. The van der Waals surface area contributed by atoms with E-state index in [2.05, 4.69) is 15.4 Å². The molecule has 0 saturated heterocycles. The smallest absolute Gasteiger partial charge is 0.256 e. The molecule has 0 bridgehead atoms. The Labute approximate surface area is 158 Å². The first-order valence-electron chi connectivity index (χ1n) is 9.40. The topological polar surface area (TPSA) is 69.0 Å². The number of aromatic nitrogens is 3. The Hall–Kier alpha value is -2.89. The number of aryl methyl sites for hydroxylation is 3. The number of anilines is 1. The van der Waals surface area contributed by atoms with Crippen LogP contribution < -0.4 is 10.1 Å². The minimum Gasteiger partial charge on any atom is -0.490 e. The molecule has 1 aromatic carbocycles. The molecule has 1 amide bonds. The van der Waals surface area contributed by atoms with Crippen LogP contribution in [-0.2, 0) is 7.05 Å². The van der Waals surface area contributed by atoms with E-state index in [1.165, 1.54) is 12.8 Å². The van der Waals surface area contributed by atoms with Crippen LogP contribution in [0.15, 0.2) is 30.3 Å². The summed E-state index contributed by atoms with van der Waals surface area (Å²) in [6.45, 7) is 3.78. The predicted octanol–water partition coefficient (Wildman–Crippen LogP) is 4.16. The summed E-state index contributed by atoms with van der Waals surface area (Å²) in [5.41, 5.74) is 3.64. The van der Waals surface area contributed by atoms with E-state index in [-0.39, 0.29) is 5.91 Å². The lowest BCUT2D eigenvalue weighted by Gasteiger charge is -2.13. The molecule has 1 aliphatic carbocycles. The summed E-state index contributed by atoms with van der Waals surface area (Å²) in [5.74, 6) is 0.691. The highest BCUT2D eigenvalue weighted by Gasteiger charge is 2.19. The SMILES string of the molecule is Cc1cc(C(=O)Nc2ccc(OC3CCCC3)cc2)c2c(C)nn(C)c2n1. The lowest BCUT2D eigenvalue weighted by atomic mass is 10.1. The number of carbonyl (C=O) groups excluding carboxylic acids is 1. The lowest BCUT2D eigenvalue weighted by Crippen LogP contribution is -2.14. The molecule has 2 aromatic heterocycles. The summed E-state index contributed by atoms with van der Waals surface area (Å²) in [4.78, 5) is 17.4. The number of hydrogen-bond donors (Lipinski definition) is 1. The van der Waals surface area contributed by atoms with Gasteiger partial charge in [-0.05, 0) is 69.9 Å². The number of amides is 1. The Morgan fingerprint density at radius 2 is 1.89 bits per heavy atom. The third kappa shape index (κ3) is 3.52. The summed E-state index contributed by atoms with van der Waals surface area (Å²) in [7, 11) is 1.84. The van der Waals surface area contributed by atoms with Crippen LogP contribution >= 0.6 is 0 Å². The summed E-state index contributed by atoms with van der Waals surface area (Å²) >= 11 is 0. The molecule has 0 unspecified atom stereocenters. The predicted molar refractivity (Wildman–Crippen MR) is 105 cm³/mol. The Kier molecular flexibility index (Phi) is 4.56. The van der Waals surface area contributed by atoms with Crippen LogP contribution in [-0.4, -0.2) is 26.8 Å². The van der Waals surface area contributed by atoms with Gasteiger partial charge in [0.15, 0.2) is 5.65 Å². The molecular weight excluding hydrogens is 340 g/mol. The average molecular weight is 364 g/mol. The molecule has 2 heterocycles. The van der Waals surface area contributed by atoms with Crippen molar-refractivity contribution in [2.24, 2.45) is 7.05 Å². The van der Waals surface area contributed by atoms with Gasteiger partial charge >= 0.3 is 0 Å². The maximum atomic E-state index is 12.9. The van der Waals surface area contributed by atoms with E-state index in [1.54, 1.807) is 4.68 Å². The molecule has 3 aromatic rings. The van der Waals surface area contributed by atoms with Crippen molar-refractivity contribution in [2.75, 3.05) is 5.32 Å². The molecule has 6 heteroatoms. The minimum atomic E-state index is -0.161. The maximum Gasteiger partial charge on any atom is 0.256 e. The summed E-state index contributed by atoms with van der Waals surface area (Å²) in [6.07, 6.45) is 5.06. The average Bonchev–Trinajstić information content (AvgIpc) is 3.24. The molecule has 1 N–H and O–H groups in total. The third-order valence-corrected chi connectivity index (χ3v) is 5.06. The standard InChI is InChI=1S/C21H24N4O2/c1-13-12-18(19-14(2)24-25(3)20(19)22-13)21(26)23-15-8-10-17(11-9-15)27-16-6-4-5-7-16/h8-12,16H,4-7H2,1-3H3,(H,23,26). The highest BCUT2D eigenvalue weighted by atomic mass is 16.5. The van der Waals surface area contributed by atoms with Gasteiger partial charge in [-0.2, -0.15) is 5.10 Å². The molecule has 27 heavy (non-hydrogen) atoms. The van der Waals surface area contributed by atoms with Crippen molar-refractivity contribution in [3.8, 4) is 5.75 Å². The first-order valence-corrected chi connectivity index (χ1v) is 9.40. The number of fused-ring (bicyclic) bond motifs is 1. The van der Waals surface area contributed by atoms with Crippen molar-refractivity contribution in [3.63, 3.8) is 0 Å². The van der Waals surface area contributed by atoms with E-state index in [0.717, 1.165) is 46.7 Å². The van der Waals surface area contributed by atoms with E-state index in [9.17, 15) is 4.79 Å². The number of nitrogens with one attached hydrogen (secondary N) is 1. The van der Waals surface area contributed by atoms with Gasteiger partial charge < -0.3 is 10.1 Å². The fourth-order valence-corrected chi connectivity index (χ4v) is 3.76. The summed E-state index contributed by atoms with van der Waals surface area (Å²) in [6, 6.07) is 9.39. The third-order valence-electron chi connectivity index (χ3n) is 5.06. The van der Waals surface area contributed by atoms with Gasteiger partial charge in [-0.3, -0.25) is 9.48 Å². The van der Waals surface area contributed by atoms with E-state index in [1.807, 2.05) is 51.2 Å². The lowest BCUT2D eigenvalue weighted by molar-refractivity contribution is 0.102. The van der Waals surface area contributed by atoms with Crippen LogP contribution in [0.2, 0.25) is 0 Å². The van der Waals surface area contributed by atoms with Crippen molar-refractivity contribution >= 4 is 22.6 Å². The molecular formula is C21H24N4O2. The van der Waals surface area contributed by atoms with Crippen molar-refractivity contribution in [2.45, 2.75) is 45.6 Å². The minimum absolute atomic E-state index is 0.161. The van der Waals surface area contributed by atoms with Gasteiger partial charge in [0.1, 0.15) is 5.75 Å². The highest BCUT2D eigenvalue weighted by molar-refractivity contribution is 6.12. The van der Waals surface area contributed by atoms with Crippen LogP contribution in [0.3, 0.4) is 0 Å². The van der Waals surface area contributed by atoms with Crippen LogP contribution in [0.1, 0.15) is 47.4 Å². The van der Waals surface area contributed by atoms with E-state index < -0.39 is 0 Å². The van der Waals surface area contributed by atoms with Gasteiger partial charge in [0.2, 0.25) is 0 Å². The number of ether oxygens (including phenoxy) is 1. The van der Waals surface area contributed by atoms with Crippen molar-refractivity contribution in [3.05, 3.63) is 47.3 Å². The van der Waals surface area contributed by atoms with E-state index in [0.29, 0.717) is 11.7 Å². The summed E-state index contributed by atoms with van der Waals surface area (Å²) < 4.78 is 7.69. The van der Waals surface area contributed by atoms with Crippen molar-refractivity contribution in [1.82, 2.24) is 14.8 Å². The van der Waals surface area contributed by atoms with Crippen molar-refractivity contribution < 1.29 is 9.53 Å². The summed E-state index contributed by atoms with van der Waals surface area (Å²) in [5, 5.41) is 8.17. The molecule has 0 aliphatic heterocycles. The second kappa shape index (κ2) is 7.02. The molecule has 140 valence electrons. The highest BCUT2D eigenvalue weighted by Crippen LogP contribution is 2.26. The molecule has 0 atom stereocenters. The first kappa shape index (κ1) is 17.5. The number of rotatable bonds is 4. The van der Waals surface area contributed by atoms with Gasteiger partial charge in [-0.25, -0.2) is 4.98 Å². The fraction of sp³-hybridized carbons (Fsp3) is 0.381. The van der Waals surface area contributed by atoms with Gasteiger partial charge in [0.25, 0.3) is 5.91 Å². The Balaban J connectivity index is 1.55. The number of benzene rings is 1. The van der Waals surface area contributed by atoms with Crippen molar-refractivity contribution in [1.29, 1.82) is 0 Å². The molecule has 1 fully saturated rings. The number of hydrogen-bond acceptors (Lipinski definition) is 4. The first-order chi connectivity index (χ1) is 13.0. The molecule has 1 aliphatic rings. The number of carbonyl (C=O) groups is 1. The van der Waals surface area contributed by atoms with Gasteiger partial charge in [-0.1, -0.05) is 0 Å². The largest absolute Gasteiger partial charge is 0.490 e. The van der Waals surface area contributed by atoms with Gasteiger partial charge in [0, 0.05) is 18.4 Å². The number of pyridine rings is 1. The maximum absolute atomic E-state index is 12.9. The van der Waals surface area contributed by atoms with Gasteiger partial charge in [0.05, 0.1) is 22.7 Å². The fourth-order valence-electron chi connectivity index (χ4n) is 3.76. The van der Waals surface area contributed by atoms with Crippen LogP contribution in [0.4, 0.5) is 5.69 Å². The molecule has 0 radical (unpaired) electrons.